The second-order valence-corrected chi connectivity index (χ2v) is 9.15. The van der Waals surface area contributed by atoms with Crippen LogP contribution in [0.3, 0.4) is 0 Å². The van der Waals surface area contributed by atoms with Crippen LogP contribution in [0.15, 0.2) is 60.9 Å². The van der Waals surface area contributed by atoms with Crippen molar-refractivity contribution in [2.45, 2.75) is 45.1 Å². The van der Waals surface area contributed by atoms with Gasteiger partial charge in [0.1, 0.15) is 5.75 Å². The number of rotatable bonds is 8. The maximum absolute atomic E-state index is 8.93. The zero-order valence-corrected chi connectivity index (χ0v) is 20.5. The molecule has 0 unspecified atom stereocenters. The Balaban J connectivity index is 1.46. The first-order valence-corrected chi connectivity index (χ1v) is 12.5. The van der Waals surface area contributed by atoms with Gasteiger partial charge < -0.3 is 15.4 Å². The Morgan fingerprint density at radius 1 is 1.08 bits per heavy atom. The van der Waals surface area contributed by atoms with Gasteiger partial charge in [0.15, 0.2) is 0 Å². The van der Waals surface area contributed by atoms with Crippen molar-refractivity contribution >= 4 is 16.7 Å². The number of nitrogens with zero attached hydrogens (tertiary/aromatic N) is 4. The number of hydrogen-bond acceptors (Lipinski definition) is 7. The summed E-state index contributed by atoms with van der Waals surface area (Å²) in [6.45, 7) is 4.02. The number of fused-ring (bicyclic) bond motifs is 1. The number of piperidine rings is 1. The molecule has 2 aromatic carbocycles. The van der Waals surface area contributed by atoms with Crippen molar-refractivity contribution in [2.75, 3.05) is 18.4 Å². The van der Waals surface area contributed by atoms with Gasteiger partial charge in [0, 0.05) is 36.8 Å². The molecule has 1 aliphatic rings. The number of aromatic nitrogens is 3. The van der Waals surface area contributed by atoms with E-state index in [1.165, 1.54) is 5.56 Å². The van der Waals surface area contributed by atoms with E-state index in [-0.39, 0.29) is 0 Å². The number of pyridine rings is 1. The van der Waals surface area contributed by atoms with Gasteiger partial charge in [0.2, 0.25) is 11.8 Å². The minimum absolute atomic E-state index is 0.319. The molecule has 36 heavy (non-hydrogen) atoms. The molecule has 2 aromatic heterocycles. The van der Waals surface area contributed by atoms with Crippen LogP contribution < -0.4 is 15.4 Å². The molecule has 7 nitrogen and oxygen atoms in total. The third-order valence-corrected chi connectivity index (χ3v) is 6.57. The van der Waals surface area contributed by atoms with Crippen LogP contribution in [0.25, 0.3) is 22.0 Å². The number of unbranched alkanes of at least 4 members (excludes halogenated alkanes) is 1. The number of nitrogens with one attached hydrogen (secondary N) is 2. The first-order chi connectivity index (χ1) is 17.7. The van der Waals surface area contributed by atoms with Crippen LogP contribution in [0.2, 0.25) is 0 Å². The molecule has 2 N–H and O–H groups in total. The summed E-state index contributed by atoms with van der Waals surface area (Å²) >= 11 is 0. The highest BCUT2D eigenvalue weighted by Crippen LogP contribution is 2.37. The molecule has 3 heterocycles. The SMILES string of the molecule is Cc1ccc2c(CCCC#N)cccc2c1Oc1ncccc1-c1ccnc(N[C@H]2CCCNC2)n1. The van der Waals surface area contributed by atoms with Crippen LogP contribution in [0, 0.1) is 18.3 Å². The maximum Gasteiger partial charge on any atom is 0.228 e. The molecule has 7 heteroatoms. The second kappa shape index (κ2) is 11.1. The van der Waals surface area contributed by atoms with Crippen molar-refractivity contribution < 1.29 is 4.74 Å². The average molecular weight is 479 g/mol. The molecule has 0 bridgehead atoms. The zero-order valence-electron chi connectivity index (χ0n) is 20.5. The quantitative estimate of drug-likeness (QED) is 0.309. The van der Waals surface area contributed by atoms with Crippen LogP contribution in [0.1, 0.15) is 36.8 Å². The Morgan fingerprint density at radius 2 is 2.03 bits per heavy atom. The van der Waals surface area contributed by atoms with E-state index < -0.39 is 0 Å². The van der Waals surface area contributed by atoms with Crippen molar-refractivity contribution in [3.8, 4) is 29.0 Å². The van der Waals surface area contributed by atoms with Gasteiger partial charge in [0.05, 0.1) is 17.3 Å². The Hall–Kier alpha value is -4.02. The van der Waals surface area contributed by atoms with Gasteiger partial charge in [0.25, 0.3) is 0 Å². The van der Waals surface area contributed by atoms with E-state index in [0.717, 1.165) is 72.1 Å². The molecule has 5 rings (SSSR count). The molecule has 0 spiro atoms. The summed E-state index contributed by atoms with van der Waals surface area (Å²) in [7, 11) is 0. The molecule has 1 atom stereocenters. The lowest BCUT2D eigenvalue weighted by atomic mass is 9.98. The largest absolute Gasteiger partial charge is 0.437 e. The van der Waals surface area contributed by atoms with Gasteiger partial charge in [-0.2, -0.15) is 5.26 Å². The Kier molecular flexibility index (Phi) is 7.34. The van der Waals surface area contributed by atoms with Crippen molar-refractivity contribution in [3.63, 3.8) is 0 Å². The lowest BCUT2D eigenvalue weighted by molar-refractivity contribution is 0.466. The van der Waals surface area contributed by atoms with E-state index in [4.69, 9.17) is 15.0 Å². The zero-order chi connectivity index (χ0) is 24.7. The summed E-state index contributed by atoms with van der Waals surface area (Å²) in [5.41, 5.74) is 3.82. The lowest BCUT2D eigenvalue weighted by Gasteiger charge is -2.23. The van der Waals surface area contributed by atoms with Crippen molar-refractivity contribution in [1.82, 2.24) is 20.3 Å². The minimum atomic E-state index is 0.319. The van der Waals surface area contributed by atoms with E-state index in [1.807, 2.05) is 25.1 Å². The number of benzene rings is 2. The van der Waals surface area contributed by atoms with E-state index in [9.17, 15) is 0 Å². The number of nitriles is 1. The first-order valence-electron chi connectivity index (χ1n) is 12.5. The van der Waals surface area contributed by atoms with Crippen LogP contribution in [0.5, 0.6) is 11.6 Å². The van der Waals surface area contributed by atoms with Gasteiger partial charge in [-0.3, -0.25) is 0 Å². The highest BCUT2D eigenvalue weighted by Gasteiger charge is 2.17. The first kappa shape index (κ1) is 23.7. The molecule has 0 saturated carbocycles. The summed E-state index contributed by atoms with van der Waals surface area (Å²) in [6, 6.07) is 18.8. The summed E-state index contributed by atoms with van der Waals surface area (Å²) in [5, 5.41) is 18.0. The molecule has 1 aliphatic heterocycles. The second-order valence-electron chi connectivity index (χ2n) is 9.15. The van der Waals surface area contributed by atoms with Crippen LogP contribution in [0.4, 0.5) is 5.95 Å². The van der Waals surface area contributed by atoms with Gasteiger partial charge in [-0.05, 0) is 73.9 Å². The van der Waals surface area contributed by atoms with Gasteiger partial charge >= 0.3 is 0 Å². The number of ether oxygens (including phenoxy) is 1. The third kappa shape index (κ3) is 5.29. The summed E-state index contributed by atoms with van der Waals surface area (Å²) in [5.74, 6) is 1.90. The molecule has 0 amide bonds. The standard InChI is InChI=1S/C29H30N6O/c1-20-12-13-23-21(7-2-3-15-30)8-4-10-24(23)27(20)36-28-25(11-6-17-32-28)26-14-18-33-29(35-26)34-22-9-5-16-31-19-22/h4,6,8,10-14,17-18,22,31H,2-3,5,7,9,16,19H2,1H3,(H,33,34,35)/t22-/m0/s1. The number of hydrogen-bond donors (Lipinski definition) is 2. The molecule has 4 aromatic rings. The minimum Gasteiger partial charge on any atom is -0.437 e. The average Bonchev–Trinajstić information content (AvgIpc) is 2.91. The maximum atomic E-state index is 8.93. The van der Waals surface area contributed by atoms with Crippen LogP contribution in [-0.4, -0.2) is 34.1 Å². The van der Waals surface area contributed by atoms with Gasteiger partial charge in [-0.25, -0.2) is 15.0 Å². The van der Waals surface area contributed by atoms with E-state index in [0.29, 0.717) is 24.3 Å². The summed E-state index contributed by atoms with van der Waals surface area (Å²) in [4.78, 5) is 13.8. The van der Waals surface area contributed by atoms with Gasteiger partial charge in [-0.1, -0.05) is 30.3 Å². The molecule has 0 aliphatic carbocycles. The fraction of sp³-hybridized carbons (Fsp3) is 0.310. The third-order valence-electron chi connectivity index (χ3n) is 6.57. The predicted octanol–water partition coefficient (Wildman–Crippen LogP) is 5.80. The molecule has 1 fully saturated rings. The van der Waals surface area contributed by atoms with Crippen molar-refractivity contribution in [2.24, 2.45) is 0 Å². The molecule has 0 radical (unpaired) electrons. The van der Waals surface area contributed by atoms with Gasteiger partial charge in [-0.15, -0.1) is 0 Å². The topological polar surface area (TPSA) is 95.8 Å². The van der Waals surface area contributed by atoms with Crippen LogP contribution in [-0.2, 0) is 6.42 Å². The van der Waals surface area contributed by atoms with Crippen molar-refractivity contribution in [1.29, 1.82) is 5.26 Å². The molecular formula is C29H30N6O. The Bertz CT molecular complexity index is 1390. The van der Waals surface area contributed by atoms with E-state index in [2.05, 4.69) is 57.0 Å². The van der Waals surface area contributed by atoms with Crippen LogP contribution >= 0.6 is 0 Å². The Morgan fingerprint density at radius 3 is 2.89 bits per heavy atom. The number of anilines is 1. The highest BCUT2D eigenvalue weighted by atomic mass is 16.5. The molecule has 1 saturated heterocycles. The summed E-state index contributed by atoms with van der Waals surface area (Å²) < 4.78 is 6.52. The number of aryl methyl sites for hydroxylation is 2. The fourth-order valence-corrected chi connectivity index (χ4v) is 4.72. The fourth-order valence-electron chi connectivity index (χ4n) is 4.72. The highest BCUT2D eigenvalue weighted by molar-refractivity contribution is 5.92. The predicted molar refractivity (Wildman–Crippen MR) is 142 cm³/mol. The van der Waals surface area contributed by atoms with Crippen molar-refractivity contribution in [3.05, 3.63) is 72.1 Å². The van der Waals surface area contributed by atoms with E-state index in [1.54, 1.807) is 12.4 Å². The van der Waals surface area contributed by atoms with E-state index >= 15 is 0 Å². The summed E-state index contributed by atoms with van der Waals surface area (Å²) in [6.07, 6.45) is 7.99. The smallest absolute Gasteiger partial charge is 0.228 e. The monoisotopic (exact) mass is 478 g/mol. The Labute approximate surface area is 211 Å². The lowest BCUT2D eigenvalue weighted by Crippen LogP contribution is -2.38. The molecular weight excluding hydrogens is 448 g/mol. The normalized spacial score (nSPS) is 15.4. The molecule has 182 valence electrons.